The highest BCUT2D eigenvalue weighted by Gasteiger charge is 2.31. The normalized spacial score (nSPS) is 16.8. The van der Waals surface area contributed by atoms with Crippen LogP contribution in [0.25, 0.3) is 0 Å². The van der Waals surface area contributed by atoms with Crippen molar-refractivity contribution in [2.24, 2.45) is 0 Å². The summed E-state index contributed by atoms with van der Waals surface area (Å²) in [5.41, 5.74) is 0.135. The van der Waals surface area contributed by atoms with E-state index in [1.165, 1.54) is 25.1 Å². The first-order chi connectivity index (χ1) is 13.7. The fraction of sp³-hybridized carbons (Fsp3) is 0.316. The Labute approximate surface area is 179 Å². The van der Waals surface area contributed by atoms with Gasteiger partial charge < -0.3 is 14.8 Å². The number of amides is 1. The third-order valence-electron chi connectivity index (χ3n) is 4.31. The maximum absolute atomic E-state index is 12.7. The number of sulfonamides is 1. The standard InChI is InChI=1S/C19H20Cl2N2O5S/c1-12(23(29(2,25)26)16-9-13(20)7-8-15(16)21)19(24)22-10-14-11-27-17-5-3-4-6-18(17)28-14/h3-9,12,14H,10-11H2,1-2H3,(H,22,24)/t12-,14-/m0/s1. The van der Waals surface area contributed by atoms with Crippen LogP contribution >= 0.6 is 23.2 Å². The molecule has 0 saturated carbocycles. The monoisotopic (exact) mass is 458 g/mol. The topological polar surface area (TPSA) is 84.9 Å². The Morgan fingerprint density at radius 3 is 2.62 bits per heavy atom. The predicted molar refractivity (Wildman–Crippen MR) is 113 cm³/mol. The SMILES string of the molecule is C[C@@H](C(=O)NC[C@H]1COc2ccccc2O1)N(c1cc(Cl)ccc1Cl)S(C)(=O)=O. The number of para-hydroxylation sites is 2. The average molecular weight is 459 g/mol. The number of benzene rings is 2. The molecule has 1 amide bonds. The summed E-state index contributed by atoms with van der Waals surface area (Å²) in [5.74, 6) is 0.728. The Morgan fingerprint density at radius 1 is 1.24 bits per heavy atom. The van der Waals surface area contributed by atoms with Gasteiger partial charge in [-0.25, -0.2) is 8.42 Å². The van der Waals surface area contributed by atoms with E-state index in [0.29, 0.717) is 16.5 Å². The van der Waals surface area contributed by atoms with Gasteiger partial charge in [0, 0.05) is 5.02 Å². The number of anilines is 1. The van der Waals surface area contributed by atoms with E-state index in [4.69, 9.17) is 32.7 Å². The molecule has 0 unspecified atom stereocenters. The van der Waals surface area contributed by atoms with Crippen LogP contribution < -0.4 is 19.1 Å². The van der Waals surface area contributed by atoms with Gasteiger partial charge in [0.25, 0.3) is 0 Å². The van der Waals surface area contributed by atoms with Crippen LogP contribution in [0.3, 0.4) is 0 Å². The Bertz CT molecular complexity index is 1020. The molecule has 1 aliphatic heterocycles. The molecule has 0 aliphatic carbocycles. The number of halogens is 2. The zero-order valence-corrected chi connectivity index (χ0v) is 18.1. The van der Waals surface area contributed by atoms with Crippen molar-refractivity contribution in [1.82, 2.24) is 5.32 Å². The summed E-state index contributed by atoms with van der Waals surface area (Å²) in [6, 6.07) is 10.6. The summed E-state index contributed by atoms with van der Waals surface area (Å²) in [6.45, 7) is 1.89. The van der Waals surface area contributed by atoms with Gasteiger partial charge in [-0.15, -0.1) is 0 Å². The fourth-order valence-corrected chi connectivity index (χ4v) is 4.57. The van der Waals surface area contributed by atoms with Gasteiger partial charge in [-0.1, -0.05) is 35.3 Å². The van der Waals surface area contributed by atoms with E-state index in [0.717, 1.165) is 10.6 Å². The second-order valence-corrected chi connectivity index (χ2v) is 9.28. The number of ether oxygens (including phenoxy) is 2. The van der Waals surface area contributed by atoms with Gasteiger partial charge in [-0.05, 0) is 37.3 Å². The zero-order valence-electron chi connectivity index (χ0n) is 15.8. The molecular weight excluding hydrogens is 439 g/mol. The van der Waals surface area contributed by atoms with Gasteiger partial charge in [0.05, 0.1) is 23.5 Å². The number of hydrogen-bond acceptors (Lipinski definition) is 5. The molecule has 0 bridgehead atoms. The molecule has 3 rings (SSSR count). The lowest BCUT2D eigenvalue weighted by atomic mass is 10.2. The highest BCUT2D eigenvalue weighted by Crippen LogP contribution is 2.33. The van der Waals surface area contributed by atoms with Crippen LogP contribution in [-0.2, 0) is 14.8 Å². The first-order valence-electron chi connectivity index (χ1n) is 8.77. The maximum Gasteiger partial charge on any atom is 0.243 e. The van der Waals surface area contributed by atoms with E-state index < -0.39 is 28.1 Å². The van der Waals surface area contributed by atoms with Gasteiger partial charge in [-0.3, -0.25) is 9.10 Å². The van der Waals surface area contributed by atoms with Crippen molar-refractivity contribution >= 4 is 44.8 Å². The van der Waals surface area contributed by atoms with Crippen LogP contribution in [0.2, 0.25) is 10.0 Å². The van der Waals surface area contributed by atoms with Crippen LogP contribution in [0.5, 0.6) is 11.5 Å². The van der Waals surface area contributed by atoms with Gasteiger partial charge in [0.2, 0.25) is 15.9 Å². The minimum Gasteiger partial charge on any atom is -0.486 e. The molecule has 1 heterocycles. The lowest BCUT2D eigenvalue weighted by Gasteiger charge is -2.30. The number of nitrogens with one attached hydrogen (secondary N) is 1. The van der Waals surface area contributed by atoms with Crippen LogP contribution in [0.4, 0.5) is 5.69 Å². The predicted octanol–water partition coefficient (Wildman–Crippen LogP) is 3.10. The minimum absolute atomic E-state index is 0.135. The van der Waals surface area contributed by atoms with E-state index >= 15 is 0 Å². The van der Waals surface area contributed by atoms with Crippen LogP contribution in [0.15, 0.2) is 42.5 Å². The number of fused-ring (bicyclic) bond motifs is 1. The Balaban J connectivity index is 1.71. The summed E-state index contributed by atoms with van der Waals surface area (Å²) in [5, 5.41) is 3.18. The van der Waals surface area contributed by atoms with Gasteiger partial charge in [0.15, 0.2) is 11.5 Å². The molecule has 2 atom stereocenters. The summed E-state index contributed by atoms with van der Waals surface area (Å²) in [6.07, 6.45) is 0.603. The quantitative estimate of drug-likeness (QED) is 0.718. The lowest BCUT2D eigenvalue weighted by Crippen LogP contribution is -2.50. The number of nitrogens with zero attached hydrogens (tertiary/aromatic N) is 1. The van der Waals surface area contributed by atoms with E-state index in [9.17, 15) is 13.2 Å². The third kappa shape index (κ3) is 5.07. The zero-order chi connectivity index (χ0) is 21.2. The molecule has 0 spiro atoms. The highest BCUT2D eigenvalue weighted by molar-refractivity contribution is 7.92. The second kappa shape index (κ2) is 8.69. The molecule has 2 aromatic carbocycles. The number of carbonyl (C=O) groups excluding carboxylic acids is 1. The molecule has 1 aliphatic rings. The summed E-state index contributed by atoms with van der Waals surface area (Å²) >= 11 is 12.1. The number of carbonyl (C=O) groups is 1. The molecule has 0 fully saturated rings. The maximum atomic E-state index is 12.7. The van der Waals surface area contributed by atoms with Crippen LogP contribution in [0, 0.1) is 0 Å². The molecule has 1 N–H and O–H groups in total. The van der Waals surface area contributed by atoms with E-state index in [-0.39, 0.29) is 23.9 Å². The average Bonchev–Trinajstić information content (AvgIpc) is 2.67. The Kier molecular flexibility index (Phi) is 6.45. The lowest BCUT2D eigenvalue weighted by molar-refractivity contribution is -0.122. The smallest absolute Gasteiger partial charge is 0.243 e. The largest absolute Gasteiger partial charge is 0.486 e. The van der Waals surface area contributed by atoms with Crippen LogP contribution in [0.1, 0.15) is 6.92 Å². The summed E-state index contributed by atoms with van der Waals surface area (Å²) in [4.78, 5) is 12.7. The van der Waals surface area contributed by atoms with E-state index in [1.54, 1.807) is 12.1 Å². The molecule has 7 nitrogen and oxygen atoms in total. The number of rotatable bonds is 6. The molecule has 0 aromatic heterocycles. The van der Waals surface area contributed by atoms with Crippen molar-refractivity contribution in [3.63, 3.8) is 0 Å². The molecular formula is C19H20Cl2N2O5S. The van der Waals surface area contributed by atoms with Crippen LogP contribution in [-0.4, -0.2) is 45.9 Å². The fourth-order valence-electron chi connectivity index (χ4n) is 2.96. The van der Waals surface area contributed by atoms with Crippen molar-refractivity contribution < 1.29 is 22.7 Å². The summed E-state index contributed by atoms with van der Waals surface area (Å²) in [7, 11) is -3.81. The first kappa shape index (κ1) is 21.5. The molecule has 2 aromatic rings. The van der Waals surface area contributed by atoms with Gasteiger partial charge in [0.1, 0.15) is 18.8 Å². The van der Waals surface area contributed by atoms with Crippen molar-refractivity contribution in [1.29, 1.82) is 0 Å². The highest BCUT2D eigenvalue weighted by atomic mass is 35.5. The molecule has 10 heteroatoms. The van der Waals surface area contributed by atoms with E-state index in [2.05, 4.69) is 5.32 Å². The van der Waals surface area contributed by atoms with Crippen molar-refractivity contribution in [2.75, 3.05) is 23.7 Å². The summed E-state index contributed by atoms with van der Waals surface area (Å²) < 4.78 is 37.1. The Hall–Kier alpha value is -2.16. The van der Waals surface area contributed by atoms with E-state index in [1.807, 2.05) is 12.1 Å². The van der Waals surface area contributed by atoms with Crippen molar-refractivity contribution in [2.45, 2.75) is 19.1 Å². The first-order valence-corrected chi connectivity index (χ1v) is 11.4. The molecule has 29 heavy (non-hydrogen) atoms. The van der Waals surface area contributed by atoms with Gasteiger partial charge >= 0.3 is 0 Å². The van der Waals surface area contributed by atoms with Crippen molar-refractivity contribution in [3.8, 4) is 11.5 Å². The molecule has 156 valence electrons. The van der Waals surface area contributed by atoms with Crippen molar-refractivity contribution in [3.05, 3.63) is 52.5 Å². The van der Waals surface area contributed by atoms with Gasteiger partial charge in [-0.2, -0.15) is 0 Å². The molecule has 0 radical (unpaired) electrons. The minimum atomic E-state index is -3.81. The third-order valence-corrected chi connectivity index (χ3v) is 6.09. The second-order valence-electron chi connectivity index (χ2n) is 6.57. The Morgan fingerprint density at radius 2 is 1.93 bits per heavy atom. The number of hydrogen-bond donors (Lipinski definition) is 1. The molecule has 0 saturated heterocycles.